The van der Waals surface area contributed by atoms with Crippen LogP contribution in [0.15, 0.2) is 192 Å². The highest BCUT2D eigenvalue weighted by molar-refractivity contribution is 6.13. The number of oxazole rings is 1. The molecule has 11 aromatic rings. The molecule has 0 N–H and O–H groups in total. The first-order valence-corrected chi connectivity index (χ1v) is 18.6. The number of hydrogen-bond acceptors (Lipinski definition) is 5. The maximum absolute atomic E-state index is 6.33. The van der Waals surface area contributed by atoms with Crippen LogP contribution in [0.5, 0.6) is 0 Å². The van der Waals surface area contributed by atoms with E-state index in [4.69, 9.17) is 24.4 Å². The third-order valence-electron chi connectivity index (χ3n) is 10.5. The molecular weight excluding hydrogens is 687 g/mol. The lowest BCUT2D eigenvalue weighted by Gasteiger charge is -2.14. The highest BCUT2D eigenvalue weighted by atomic mass is 16.3. The van der Waals surface area contributed by atoms with E-state index in [0.29, 0.717) is 23.4 Å². The molecule has 56 heavy (non-hydrogen) atoms. The zero-order chi connectivity index (χ0) is 37.0. The molecule has 0 fully saturated rings. The van der Waals surface area contributed by atoms with Crippen molar-refractivity contribution in [2.75, 3.05) is 0 Å². The van der Waals surface area contributed by atoms with Gasteiger partial charge in [-0.25, -0.2) is 19.9 Å². The van der Waals surface area contributed by atoms with Gasteiger partial charge in [-0.15, -0.1) is 0 Å². The van der Waals surface area contributed by atoms with Crippen LogP contribution in [0.3, 0.4) is 0 Å². The predicted octanol–water partition coefficient (Wildman–Crippen LogP) is 12.6. The Labute approximate surface area is 322 Å². The molecule has 0 saturated heterocycles. The second-order valence-corrected chi connectivity index (χ2v) is 13.8. The minimum Gasteiger partial charge on any atom is -0.436 e. The van der Waals surface area contributed by atoms with Crippen molar-refractivity contribution in [3.05, 3.63) is 188 Å². The summed E-state index contributed by atoms with van der Waals surface area (Å²) < 4.78 is 8.66. The highest BCUT2D eigenvalue weighted by Gasteiger charge is 2.20. The third kappa shape index (κ3) is 5.27. The first kappa shape index (κ1) is 31.8. The molecule has 0 saturated carbocycles. The molecule has 6 nitrogen and oxygen atoms in total. The Morgan fingerprint density at radius 1 is 0.357 bits per heavy atom. The van der Waals surface area contributed by atoms with Crippen molar-refractivity contribution in [2.45, 2.75) is 0 Å². The van der Waals surface area contributed by atoms with Crippen LogP contribution in [0.1, 0.15) is 0 Å². The summed E-state index contributed by atoms with van der Waals surface area (Å²) in [5, 5.41) is 4.52. The van der Waals surface area contributed by atoms with Gasteiger partial charge in [0.2, 0.25) is 5.89 Å². The molecular formula is C50H31N5O. The van der Waals surface area contributed by atoms with Crippen molar-refractivity contribution in [3.63, 3.8) is 0 Å². The lowest BCUT2D eigenvalue weighted by molar-refractivity contribution is 0.620. The Bertz CT molecular complexity index is 3150. The molecule has 0 spiro atoms. The predicted molar refractivity (Wildman–Crippen MR) is 226 cm³/mol. The Hall–Kier alpha value is -7.70. The topological polar surface area (TPSA) is 69.6 Å². The summed E-state index contributed by atoms with van der Waals surface area (Å²) in [4.78, 5) is 19.9. The van der Waals surface area contributed by atoms with E-state index in [-0.39, 0.29) is 0 Å². The van der Waals surface area contributed by atoms with Gasteiger partial charge < -0.3 is 8.98 Å². The normalized spacial score (nSPS) is 11.6. The minimum atomic E-state index is 0.606. The van der Waals surface area contributed by atoms with Gasteiger partial charge in [0, 0.05) is 33.2 Å². The third-order valence-corrected chi connectivity index (χ3v) is 10.5. The smallest absolute Gasteiger partial charge is 0.229 e. The fourth-order valence-corrected chi connectivity index (χ4v) is 7.91. The molecule has 6 heteroatoms. The number of nitrogens with zero attached hydrogens (tertiary/aromatic N) is 5. The van der Waals surface area contributed by atoms with Crippen molar-refractivity contribution in [3.8, 4) is 62.4 Å². The van der Waals surface area contributed by atoms with E-state index in [9.17, 15) is 0 Å². The molecule has 0 radical (unpaired) electrons. The van der Waals surface area contributed by atoms with Crippen LogP contribution in [0.4, 0.5) is 0 Å². The van der Waals surface area contributed by atoms with Crippen molar-refractivity contribution >= 4 is 43.7 Å². The summed E-state index contributed by atoms with van der Waals surface area (Å²) in [6.45, 7) is 0. The first-order chi connectivity index (χ1) is 27.8. The van der Waals surface area contributed by atoms with Crippen LogP contribution in [-0.2, 0) is 0 Å². The average Bonchev–Trinajstić information content (AvgIpc) is 3.86. The Morgan fingerprint density at radius 3 is 1.64 bits per heavy atom. The Morgan fingerprint density at radius 2 is 0.929 bits per heavy atom. The minimum absolute atomic E-state index is 0.606. The zero-order valence-electron chi connectivity index (χ0n) is 30.0. The molecule has 262 valence electrons. The molecule has 0 bridgehead atoms. The van der Waals surface area contributed by atoms with Crippen molar-refractivity contribution in [1.29, 1.82) is 0 Å². The van der Waals surface area contributed by atoms with E-state index in [1.165, 1.54) is 5.39 Å². The summed E-state index contributed by atoms with van der Waals surface area (Å²) in [5.41, 5.74) is 10.9. The van der Waals surface area contributed by atoms with E-state index < -0.39 is 0 Å². The number of fused-ring (bicyclic) bond motifs is 5. The number of hydrogen-bond donors (Lipinski definition) is 0. The largest absolute Gasteiger partial charge is 0.436 e. The van der Waals surface area contributed by atoms with Crippen LogP contribution < -0.4 is 0 Å². The highest BCUT2D eigenvalue weighted by Crippen LogP contribution is 2.40. The Balaban J connectivity index is 1.04. The van der Waals surface area contributed by atoms with Gasteiger partial charge in [0.1, 0.15) is 5.52 Å². The monoisotopic (exact) mass is 717 g/mol. The summed E-state index contributed by atoms with van der Waals surface area (Å²) in [7, 11) is 0. The van der Waals surface area contributed by atoms with Crippen LogP contribution in [0.2, 0.25) is 0 Å². The quantitative estimate of drug-likeness (QED) is 0.171. The lowest BCUT2D eigenvalue weighted by Crippen LogP contribution is -2.00. The van der Waals surface area contributed by atoms with E-state index >= 15 is 0 Å². The molecule has 11 rings (SSSR count). The lowest BCUT2D eigenvalue weighted by atomic mass is 9.94. The molecule has 0 amide bonds. The Kier molecular flexibility index (Phi) is 7.38. The van der Waals surface area contributed by atoms with Gasteiger partial charge in [-0.05, 0) is 64.4 Å². The SMILES string of the molecule is c1ccc(-c2nc(-c3ccccc3)nc(-c3ccc(-c4ccc(-n5c6ccccc6c6cccc(-c7nc8ccccc8o7)c65)cc4)c4ccccc34)n2)cc1. The zero-order valence-corrected chi connectivity index (χ0v) is 30.0. The van der Waals surface area contributed by atoms with Crippen LogP contribution >= 0.6 is 0 Å². The number of benzene rings is 8. The molecule has 0 atom stereocenters. The molecule has 0 aliphatic heterocycles. The van der Waals surface area contributed by atoms with E-state index in [0.717, 1.165) is 77.4 Å². The molecule has 0 unspecified atom stereocenters. The van der Waals surface area contributed by atoms with Crippen molar-refractivity contribution in [2.24, 2.45) is 0 Å². The first-order valence-electron chi connectivity index (χ1n) is 18.6. The van der Waals surface area contributed by atoms with E-state index in [1.807, 2.05) is 84.9 Å². The fraction of sp³-hybridized carbons (Fsp3) is 0. The summed E-state index contributed by atoms with van der Waals surface area (Å²) in [5.74, 6) is 2.52. The van der Waals surface area contributed by atoms with Crippen LogP contribution in [-0.4, -0.2) is 24.5 Å². The number of rotatable bonds is 6. The van der Waals surface area contributed by atoms with Gasteiger partial charge >= 0.3 is 0 Å². The van der Waals surface area contributed by atoms with Crippen LogP contribution in [0.25, 0.3) is 106 Å². The number of para-hydroxylation sites is 4. The van der Waals surface area contributed by atoms with E-state index in [2.05, 4.69) is 108 Å². The maximum atomic E-state index is 6.33. The molecule has 3 aromatic heterocycles. The van der Waals surface area contributed by atoms with Gasteiger partial charge in [0.05, 0.1) is 16.6 Å². The van der Waals surface area contributed by atoms with Gasteiger partial charge in [-0.2, -0.15) is 0 Å². The van der Waals surface area contributed by atoms with Crippen molar-refractivity contribution in [1.82, 2.24) is 24.5 Å². The van der Waals surface area contributed by atoms with Gasteiger partial charge in [0.15, 0.2) is 23.1 Å². The van der Waals surface area contributed by atoms with Crippen LogP contribution in [0, 0.1) is 0 Å². The average molecular weight is 718 g/mol. The van der Waals surface area contributed by atoms with E-state index in [1.54, 1.807) is 0 Å². The van der Waals surface area contributed by atoms with Crippen molar-refractivity contribution < 1.29 is 4.42 Å². The summed E-state index contributed by atoms with van der Waals surface area (Å²) in [6, 6.07) is 64.7. The van der Waals surface area contributed by atoms with Gasteiger partial charge in [-0.1, -0.05) is 146 Å². The molecule has 0 aliphatic rings. The standard InChI is InChI=1S/C50H31N5O/c1-3-14-33(15-4-1)47-52-48(34-16-5-2-6-17-34)54-49(53-47)41-31-30-36(37-18-7-8-19-38(37)41)32-26-28-35(29-27-32)55-44-24-11-9-20-39(44)40-21-13-22-42(46(40)55)50-51-43-23-10-12-25-45(43)56-50/h1-31H. The van der Waals surface area contributed by atoms with Gasteiger partial charge in [0.25, 0.3) is 0 Å². The maximum Gasteiger partial charge on any atom is 0.229 e. The molecule has 0 aliphatic carbocycles. The summed E-state index contributed by atoms with van der Waals surface area (Å²) in [6.07, 6.45) is 0. The molecule has 8 aromatic carbocycles. The summed E-state index contributed by atoms with van der Waals surface area (Å²) >= 11 is 0. The number of aromatic nitrogens is 5. The second-order valence-electron chi connectivity index (χ2n) is 13.8. The fourth-order valence-electron chi connectivity index (χ4n) is 7.91. The molecule has 3 heterocycles. The van der Waals surface area contributed by atoms with Gasteiger partial charge in [-0.3, -0.25) is 0 Å². The second kappa shape index (κ2) is 13.0.